The van der Waals surface area contributed by atoms with E-state index in [0.717, 1.165) is 16.9 Å². The van der Waals surface area contributed by atoms with Gasteiger partial charge < -0.3 is 15.0 Å². The zero-order valence-electron chi connectivity index (χ0n) is 15.4. The minimum Gasteiger partial charge on any atom is -0.497 e. The molecule has 0 radical (unpaired) electrons. The summed E-state index contributed by atoms with van der Waals surface area (Å²) in [6.07, 6.45) is 0. The van der Waals surface area contributed by atoms with Gasteiger partial charge in [0.25, 0.3) is 0 Å². The molecule has 1 unspecified atom stereocenters. The van der Waals surface area contributed by atoms with Gasteiger partial charge in [0.1, 0.15) is 5.75 Å². The number of ether oxygens (including phenoxy) is 1. The summed E-state index contributed by atoms with van der Waals surface area (Å²) in [6.45, 7) is 2.53. The van der Waals surface area contributed by atoms with E-state index in [1.807, 2.05) is 49.4 Å². The lowest BCUT2D eigenvalue weighted by Gasteiger charge is -2.22. The van der Waals surface area contributed by atoms with Crippen LogP contribution in [-0.4, -0.2) is 25.1 Å². The molecule has 0 fully saturated rings. The molecule has 0 aliphatic heterocycles. The maximum Gasteiger partial charge on any atom is 0.317 e. The number of amides is 2. The molecule has 3 aromatic rings. The number of fused-ring (bicyclic) bond motifs is 1. The van der Waals surface area contributed by atoms with Crippen molar-refractivity contribution in [3.05, 3.63) is 77.9 Å². The third-order valence-corrected chi connectivity index (χ3v) is 4.53. The number of nitrogens with one attached hydrogen (secondary N) is 1. The van der Waals surface area contributed by atoms with Crippen molar-refractivity contribution in [3.8, 4) is 5.75 Å². The monoisotopic (exact) mass is 348 g/mol. The standard InChI is InChI=1S/C22H24N2O2/c1-16(20-13-7-10-18-9-4-5-12-21(18)20)23-22(25)24(2)15-17-8-6-11-19(14-17)26-3/h4-14,16H,15H2,1-3H3,(H,23,25). The molecule has 0 saturated carbocycles. The molecule has 2 amide bonds. The maximum atomic E-state index is 12.6. The summed E-state index contributed by atoms with van der Waals surface area (Å²) in [5.74, 6) is 0.792. The van der Waals surface area contributed by atoms with Crippen LogP contribution in [0.4, 0.5) is 4.79 Å². The van der Waals surface area contributed by atoms with Crippen LogP contribution >= 0.6 is 0 Å². The second kappa shape index (κ2) is 7.91. The normalized spacial score (nSPS) is 11.8. The van der Waals surface area contributed by atoms with Crippen LogP contribution in [0.25, 0.3) is 10.8 Å². The van der Waals surface area contributed by atoms with Crippen LogP contribution in [0.3, 0.4) is 0 Å². The van der Waals surface area contributed by atoms with Crippen molar-refractivity contribution >= 4 is 16.8 Å². The highest BCUT2D eigenvalue weighted by atomic mass is 16.5. The molecule has 0 aliphatic rings. The van der Waals surface area contributed by atoms with Crippen molar-refractivity contribution < 1.29 is 9.53 Å². The maximum absolute atomic E-state index is 12.6. The first-order chi connectivity index (χ1) is 12.6. The first kappa shape index (κ1) is 17.8. The second-order valence-electron chi connectivity index (χ2n) is 6.45. The molecule has 4 heteroatoms. The zero-order valence-corrected chi connectivity index (χ0v) is 15.4. The predicted molar refractivity (Wildman–Crippen MR) is 105 cm³/mol. The third-order valence-electron chi connectivity index (χ3n) is 4.53. The van der Waals surface area contributed by atoms with Gasteiger partial charge in [-0.2, -0.15) is 0 Å². The zero-order chi connectivity index (χ0) is 18.5. The van der Waals surface area contributed by atoms with E-state index in [0.29, 0.717) is 6.54 Å². The quantitative estimate of drug-likeness (QED) is 0.723. The third kappa shape index (κ3) is 3.97. The molecule has 3 rings (SSSR count). The van der Waals surface area contributed by atoms with Crippen molar-refractivity contribution in [1.29, 1.82) is 0 Å². The van der Waals surface area contributed by atoms with Crippen LogP contribution in [0, 0.1) is 0 Å². The van der Waals surface area contributed by atoms with E-state index in [9.17, 15) is 4.79 Å². The van der Waals surface area contributed by atoms with Gasteiger partial charge in [-0.15, -0.1) is 0 Å². The number of urea groups is 1. The fourth-order valence-electron chi connectivity index (χ4n) is 3.12. The van der Waals surface area contributed by atoms with Crippen LogP contribution < -0.4 is 10.1 Å². The Morgan fingerprint density at radius 1 is 1.08 bits per heavy atom. The number of hydrogen-bond acceptors (Lipinski definition) is 2. The van der Waals surface area contributed by atoms with Gasteiger partial charge in [-0.05, 0) is 41.0 Å². The van der Waals surface area contributed by atoms with Gasteiger partial charge in [0, 0.05) is 13.6 Å². The molecule has 0 saturated heterocycles. The minimum absolute atomic E-state index is 0.0821. The molecule has 0 aliphatic carbocycles. The van der Waals surface area contributed by atoms with Crippen LogP contribution in [0.5, 0.6) is 5.75 Å². The Hall–Kier alpha value is -3.01. The largest absolute Gasteiger partial charge is 0.497 e. The van der Waals surface area contributed by atoms with Gasteiger partial charge in [-0.25, -0.2) is 4.79 Å². The summed E-state index contributed by atoms with van der Waals surface area (Å²) >= 11 is 0. The average Bonchev–Trinajstić information content (AvgIpc) is 2.67. The Labute approximate surface area is 154 Å². The molecule has 0 heterocycles. The number of hydrogen-bond donors (Lipinski definition) is 1. The van der Waals surface area contributed by atoms with E-state index >= 15 is 0 Å². The van der Waals surface area contributed by atoms with Crippen molar-refractivity contribution in [1.82, 2.24) is 10.2 Å². The van der Waals surface area contributed by atoms with Crippen LogP contribution in [-0.2, 0) is 6.54 Å². The number of carbonyl (C=O) groups is 1. The molecule has 4 nitrogen and oxygen atoms in total. The van der Waals surface area contributed by atoms with Crippen molar-refractivity contribution in [2.24, 2.45) is 0 Å². The molecule has 26 heavy (non-hydrogen) atoms. The van der Waals surface area contributed by atoms with Crippen LogP contribution in [0.2, 0.25) is 0 Å². The van der Waals surface area contributed by atoms with Crippen molar-refractivity contribution in [2.75, 3.05) is 14.2 Å². The molecule has 134 valence electrons. The van der Waals surface area contributed by atoms with E-state index < -0.39 is 0 Å². The molecule has 0 bridgehead atoms. The van der Waals surface area contributed by atoms with Crippen molar-refractivity contribution in [3.63, 3.8) is 0 Å². The van der Waals surface area contributed by atoms with E-state index in [1.165, 1.54) is 10.8 Å². The van der Waals surface area contributed by atoms with E-state index in [1.54, 1.807) is 19.1 Å². The number of nitrogens with zero attached hydrogens (tertiary/aromatic N) is 1. The van der Waals surface area contributed by atoms with Gasteiger partial charge in [-0.1, -0.05) is 54.6 Å². The molecule has 3 aromatic carbocycles. The minimum atomic E-state index is -0.103. The predicted octanol–water partition coefficient (Wildman–Crippen LogP) is 4.75. The molecule has 1 N–H and O–H groups in total. The fraction of sp³-hybridized carbons (Fsp3) is 0.227. The molecular weight excluding hydrogens is 324 g/mol. The Balaban J connectivity index is 1.70. The molecule has 0 aromatic heterocycles. The molecule has 1 atom stereocenters. The highest BCUT2D eigenvalue weighted by Crippen LogP contribution is 2.24. The Kier molecular flexibility index (Phi) is 5.42. The summed E-state index contributed by atoms with van der Waals surface area (Å²) in [4.78, 5) is 14.3. The number of rotatable bonds is 5. The average molecular weight is 348 g/mol. The van der Waals surface area contributed by atoms with Crippen LogP contribution in [0.1, 0.15) is 24.1 Å². The SMILES string of the molecule is COc1cccc(CN(C)C(=O)NC(C)c2cccc3ccccc23)c1. The van der Waals surface area contributed by atoms with Gasteiger partial charge in [-0.3, -0.25) is 0 Å². The van der Waals surface area contributed by atoms with Gasteiger partial charge in [0.15, 0.2) is 0 Å². The van der Waals surface area contributed by atoms with E-state index in [4.69, 9.17) is 4.74 Å². The number of carbonyl (C=O) groups excluding carboxylic acids is 1. The Morgan fingerprint density at radius 3 is 2.62 bits per heavy atom. The fourth-order valence-corrected chi connectivity index (χ4v) is 3.12. The van der Waals surface area contributed by atoms with Gasteiger partial charge >= 0.3 is 6.03 Å². The summed E-state index contributed by atoms with van der Waals surface area (Å²) in [5.41, 5.74) is 2.14. The number of methoxy groups -OCH3 is 1. The molecule has 0 spiro atoms. The topological polar surface area (TPSA) is 41.6 Å². The summed E-state index contributed by atoms with van der Waals surface area (Å²) in [5, 5.41) is 5.43. The van der Waals surface area contributed by atoms with E-state index in [-0.39, 0.29) is 12.1 Å². The van der Waals surface area contributed by atoms with E-state index in [2.05, 4.69) is 29.6 Å². The van der Waals surface area contributed by atoms with Crippen molar-refractivity contribution in [2.45, 2.75) is 19.5 Å². The molecular formula is C22H24N2O2. The first-order valence-electron chi connectivity index (χ1n) is 8.70. The number of benzene rings is 3. The summed E-state index contributed by atoms with van der Waals surface area (Å²) in [7, 11) is 3.44. The first-order valence-corrected chi connectivity index (χ1v) is 8.70. The highest BCUT2D eigenvalue weighted by molar-refractivity contribution is 5.86. The lowest BCUT2D eigenvalue weighted by Crippen LogP contribution is -2.38. The lowest BCUT2D eigenvalue weighted by atomic mass is 10.00. The highest BCUT2D eigenvalue weighted by Gasteiger charge is 2.15. The lowest BCUT2D eigenvalue weighted by molar-refractivity contribution is 0.203. The van der Waals surface area contributed by atoms with Gasteiger partial charge in [0.05, 0.1) is 13.2 Å². The van der Waals surface area contributed by atoms with Gasteiger partial charge in [0.2, 0.25) is 0 Å². The van der Waals surface area contributed by atoms with Crippen LogP contribution in [0.15, 0.2) is 66.7 Å². The smallest absolute Gasteiger partial charge is 0.317 e. The summed E-state index contributed by atoms with van der Waals surface area (Å²) < 4.78 is 5.24. The Morgan fingerprint density at radius 2 is 1.81 bits per heavy atom. The summed E-state index contributed by atoms with van der Waals surface area (Å²) in [6, 6.07) is 22.0. The second-order valence-corrected chi connectivity index (χ2v) is 6.45. The Bertz CT molecular complexity index is 902.